The van der Waals surface area contributed by atoms with Crippen molar-refractivity contribution in [3.63, 3.8) is 0 Å². The first-order valence-corrected chi connectivity index (χ1v) is 17.5. The summed E-state index contributed by atoms with van der Waals surface area (Å²) in [5, 5.41) is 11.4. The summed E-state index contributed by atoms with van der Waals surface area (Å²) in [6, 6.07) is 19.1. The van der Waals surface area contributed by atoms with E-state index in [2.05, 4.69) is 84.2 Å². The molecule has 0 amide bonds. The Labute approximate surface area is 258 Å². The third-order valence-electron chi connectivity index (χ3n) is 10.6. The Hall–Kier alpha value is -2.17. The zero-order valence-corrected chi connectivity index (χ0v) is 27.4. The summed E-state index contributed by atoms with van der Waals surface area (Å²) >= 11 is 0. The van der Waals surface area contributed by atoms with Gasteiger partial charge in [0.1, 0.15) is 0 Å². The molecule has 2 fully saturated rings. The van der Waals surface area contributed by atoms with Crippen LogP contribution in [0, 0.1) is 11.8 Å². The van der Waals surface area contributed by atoms with Gasteiger partial charge in [-0.2, -0.15) is 0 Å². The van der Waals surface area contributed by atoms with Crippen molar-refractivity contribution in [1.29, 1.82) is 0 Å². The van der Waals surface area contributed by atoms with E-state index in [0.29, 0.717) is 23.9 Å². The Morgan fingerprint density at radius 3 is 2.00 bits per heavy atom. The lowest BCUT2D eigenvalue weighted by atomic mass is 9.73. The fourth-order valence-corrected chi connectivity index (χ4v) is 7.71. The molecule has 6 rings (SSSR count). The van der Waals surface area contributed by atoms with Crippen LogP contribution >= 0.6 is 0 Å². The molecule has 7 unspecified atom stereocenters. The highest BCUT2D eigenvalue weighted by atomic mass is 15.0. The van der Waals surface area contributed by atoms with Crippen molar-refractivity contribution in [2.75, 3.05) is 13.1 Å². The Morgan fingerprint density at radius 2 is 1.36 bits per heavy atom. The largest absolute Gasteiger partial charge is 0.385 e. The molecule has 4 nitrogen and oxygen atoms in total. The molecule has 7 atom stereocenters. The molecule has 1 aromatic carbocycles. The lowest BCUT2D eigenvalue weighted by Crippen LogP contribution is -2.44. The predicted molar refractivity (Wildman–Crippen MR) is 180 cm³/mol. The van der Waals surface area contributed by atoms with Gasteiger partial charge in [-0.3, -0.25) is 4.98 Å². The van der Waals surface area contributed by atoms with Crippen molar-refractivity contribution in [2.45, 2.75) is 135 Å². The van der Waals surface area contributed by atoms with E-state index in [1.165, 1.54) is 95.0 Å². The Kier molecular flexibility index (Phi) is 13.4. The fourth-order valence-electron chi connectivity index (χ4n) is 7.71. The summed E-state index contributed by atoms with van der Waals surface area (Å²) in [4.78, 5) is 4.60. The molecule has 42 heavy (non-hydrogen) atoms. The van der Waals surface area contributed by atoms with Crippen LogP contribution in [0.3, 0.4) is 0 Å². The van der Waals surface area contributed by atoms with Gasteiger partial charge in [0.2, 0.25) is 0 Å². The first kappa shape index (κ1) is 32.7. The second kappa shape index (κ2) is 17.2. The van der Waals surface area contributed by atoms with Crippen LogP contribution in [0.4, 0.5) is 0 Å². The molecule has 0 spiro atoms. The van der Waals surface area contributed by atoms with E-state index in [1.807, 2.05) is 26.1 Å². The van der Waals surface area contributed by atoms with Gasteiger partial charge in [0, 0.05) is 41.6 Å². The number of nitrogens with one attached hydrogen (secondary N) is 3. The van der Waals surface area contributed by atoms with Crippen molar-refractivity contribution in [3.05, 3.63) is 77.3 Å². The quantitative estimate of drug-likeness (QED) is 0.324. The Bertz CT molecular complexity index is 1040. The van der Waals surface area contributed by atoms with Crippen LogP contribution in [0.25, 0.3) is 0 Å². The molecule has 4 heterocycles. The molecule has 0 saturated carbocycles. The second-order valence-corrected chi connectivity index (χ2v) is 13.1. The fraction of sp³-hybridized carbons (Fsp3) is 0.658. The molecule has 3 aliphatic heterocycles. The summed E-state index contributed by atoms with van der Waals surface area (Å²) < 4.78 is 0. The van der Waals surface area contributed by atoms with Gasteiger partial charge in [0.05, 0.1) is 0 Å². The maximum absolute atomic E-state index is 4.60. The zero-order valence-electron chi connectivity index (χ0n) is 27.4. The van der Waals surface area contributed by atoms with Gasteiger partial charge in [-0.15, -0.1) is 0 Å². The predicted octanol–water partition coefficient (Wildman–Crippen LogP) is 8.73. The van der Waals surface area contributed by atoms with E-state index in [1.54, 1.807) is 11.3 Å². The van der Waals surface area contributed by atoms with Crippen LogP contribution in [0.1, 0.15) is 128 Å². The van der Waals surface area contributed by atoms with Crippen molar-refractivity contribution in [1.82, 2.24) is 20.9 Å². The molecule has 3 N–H and O–H groups in total. The highest BCUT2D eigenvalue weighted by molar-refractivity contribution is 5.24. The van der Waals surface area contributed by atoms with E-state index in [-0.39, 0.29) is 0 Å². The van der Waals surface area contributed by atoms with Crippen LogP contribution in [-0.4, -0.2) is 36.2 Å². The maximum atomic E-state index is 4.60. The number of rotatable bonds is 6. The summed E-state index contributed by atoms with van der Waals surface area (Å²) in [7, 11) is 0. The number of aromatic nitrogens is 1. The van der Waals surface area contributed by atoms with Crippen LogP contribution in [0.15, 0.2) is 66.0 Å². The first-order chi connectivity index (χ1) is 20.6. The molecule has 2 aromatic rings. The monoisotopic (exact) mass is 572 g/mol. The number of nitrogens with zero attached hydrogens (tertiary/aromatic N) is 1. The third kappa shape index (κ3) is 8.92. The van der Waals surface area contributed by atoms with E-state index in [0.717, 1.165) is 17.9 Å². The Morgan fingerprint density at radius 1 is 0.690 bits per heavy atom. The number of hydrogen-bond acceptors (Lipinski definition) is 4. The molecular formula is C38H60N4. The molecule has 1 aromatic heterocycles. The minimum absolute atomic E-state index is 0.475. The number of allylic oxidation sites excluding steroid dienone is 2. The molecule has 0 bridgehead atoms. The highest BCUT2D eigenvalue weighted by Gasteiger charge is 2.34. The van der Waals surface area contributed by atoms with E-state index >= 15 is 0 Å². The molecule has 232 valence electrons. The second-order valence-electron chi connectivity index (χ2n) is 13.1. The average molecular weight is 573 g/mol. The molecular weight excluding hydrogens is 512 g/mol. The maximum Gasteiger partial charge on any atom is 0.0452 e. The van der Waals surface area contributed by atoms with Gasteiger partial charge in [0.25, 0.3) is 0 Å². The lowest BCUT2D eigenvalue weighted by Gasteiger charge is -2.41. The van der Waals surface area contributed by atoms with Crippen LogP contribution in [-0.2, 0) is 0 Å². The van der Waals surface area contributed by atoms with Crippen LogP contribution < -0.4 is 16.0 Å². The number of pyridine rings is 1. The molecule has 1 aliphatic carbocycles. The minimum atomic E-state index is 0.475. The normalized spacial score (nSPS) is 27.9. The zero-order chi connectivity index (χ0) is 29.7. The first-order valence-electron chi connectivity index (χ1n) is 17.5. The van der Waals surface area contributed by atoms with Crippen molar-refractivity contribution in [3.8, 4) is 0 Å². The molecule has 4 aliphatic rings. The van der Waals surface area contributed by atoms with Gasteiger partial charge in [-0.1, -0.05) is 89.4 Å². The van der Waals surface area contributed by atoms with E-state index in [9.17, 15) is 0 Å². The molecule has 0 radical (unpaired) electrons. The minimum Gasteiger partial charge on any atom is -0.385 e. The van der Waals surface area contributed by atoms with Gasteiger partial charge in [0.15, 0.2) is 0 Å². The van der Waals surface area contributed by atoms with E-state index < -0.39 is 0 Å². The number of hydrogen-bond donors (Lipinski definition) is 3. The average Bonchev–Trinajstić information content (AvgIpc) is 3.09. The topological polar surface area (TPSA) is 49.0 Å². The highest BCUT2D eigenvalue weighted by Crippen LogP contribution is 2.40. The SMILES string of the molecule is CC.CC(c1ccccc1)C1CCCCN1.CC(c1ccccn1)C1CCC2=C(CC(C(C)C3CCCCN3)CC2)N1. The van der Waals surface area contributed by atoms with Gasteiger partial charge < -0.3 is 16.0 Å². The Balaban J connectivity index is 0.000000214. The van der Waals surface area contributed by atoms with Gasteiger partial charge in [-0.05, 0) is 106 Å². The standard InChI is InChI=1S/C23H35N3.C13H19N.C2H6/c1-16(20-7-3-5-13-24-20)19-10-9-18-11-12-22(26-23(18)15-19)17(2)21-8-4-6-14-25-21;1-11(12-7-3-2-4-8-12)13-9-5-6-10-14-13;1-2/h4,6,8,14,16-17,19-20,22,24,26H,3,5,7,9-13,15H2,1-2H3;2-4,7-8,11,13-14H,5-6,9-10H2,1H3;1-2H3. The summed E-state index contributed by atoms with van der Waals surface area (Å²) in [6.45, 7) is 13.6. The molecule has 4 heteroatoms. The number of piperidine rings is 2. The summed E-state index contributed by atoms with van der Waals surface area (Å²) in [5.74, 6) is 2.75. The third-order valence-corrected chi connectivity index (χ3v) is 10.6. The van der Waals surface area contributed by atoms with Crippen molar-refractivity contribution < 1.29 is 0 Å². The van der Waals surface area contributed by atoms with Crippen LogP contribution in [0.5, 0.6) is 0 Å². The molecule has 2 saturated heterocycles. The lowest BCUT2D eigenvalue weighted by molar-refractivity contribution is 0.207. The van der Waals surface area contributed by atoms with Gasteiger partial charge in [-0.25, -0.2) is 0 Å². The van der Waals surface area contributed by atoms with Gasteiger partial charge >= 0.3 is 0 Å². The van der Waals surface area contributed by atoms with E-state index in [4.69, 9.17) is 0 Å². The van der Waals surface area contributed by atoms with Crippen LogP contribution in [0.2, 0.25) is 0 Å². The van der Waals surface area contributed by atoms with Crippen molar-refractivity contribution >= 4 is 0 Å². The summed E-state index contributed by atoms with van der Waals surface area (Å²) in [5.41, 5.74) is 5.99. The van der Waals surface area contributed by atoms with Crippen molar-refractivity contribution in [2.24, 2.45) is 11.8 Å². The smallest absolute Gasteiger partial charge is 0.0452 e. The number of benzene rings is 1. The summed E-state index contributed by atoms with van der Waals surface area (Å²) in [6.07, 6.45) is 16.6.